The molecule has 0 saturated heterocycles. The molecule has 6 rings (SSSR count). The van der Waals surface area contributed by atoms with Crippen LogP contribution in [0.4, 0.5) is 8.78 Å². The van der Waals surface area contributed by atoms with E-state index in [2.05, 4.69) is 17.1 Å². The zero-order valence-corrected chi connectivity index (χ0v) is 25.9. The lowest BCUT2D eigenvalue weighted by Crippen LogP contribution is -2.30. The monoisotopic (exact) mass is 626 g/mol. The van der Waals surface area contributed by atoms with Gasteiger partial charge in [0.25, 0.3) is 5.56 Å². The van der Waals surface area contributed by atoms with Crippen molar-refractivity contribution in [2.24, 2.45) is 0 Å². The van der Waals surface area contributed by atoms with Crippen molar-refractivity contribution < 1.29 is 18.0 Å². The van der Waals surface area contributed by atoms with E-state index in [4.69, 9.17) is 14.2 Å². The normalized spacial score (nSPS) is 14.8. The standard InChI is InChI=1S/C36H36F2N4O4/c1-3-7-31-30(22-23-10-12-24(13-11-23)28-8-5-6-9-29(28)33-40-35(44)46-41-33)34(43)42(32(4-2)39-31)25-14-16-26(17-15-25)45-27-18-20-36(37,38)21-19-27/h5-6,8-17,27H,3-4,7,18-22H2,1-2H3,(H,40,41,44). The smallest absolute Gasteiger partial charge is 0.439 e. The number of rotatable bonds is 10. The fraction of sp³-hybridized carbons (Fsp3) is 0.333. The van der Waals surface area contributed by atoms with Crippen molar-refractivity contribution in [1.82, 2.24) is 19.7 Å². The summed E-state index contributed by atoms with van der Waals surface area (Å²) < 4.78 is 39.5. The van der Waals surface area contributed by atoms with Gasteiger partial charge in [-0.25, -0.2) is 18.6 Å². The largest absolute Gasteiger partial charge is 0.490 e. The van der Waals surface area contributed by atoms with E-state index >= 15 is 0 Å². The number of ether oxygens (including phenoxy) is 1. The summed E-state index contributed by atoms with van der Waals surface area (Å²) in [5.41, 5.74) is 5.54. The molecule has 1 N–H and O–H groups in total. The molecule has 0 unspecified atom stereocenters. The summed E-state index contributed by atoms with van der Waals surface area (Å²) in [5.74, 6) is -1.59. The van der Waals surface area contributed by atoms with E-state index in [1.807, 2.05) is 67.6 Å². The van der Waals surface area contributed by atoms with Crippen LogP contribution < -0.4 is 16.1 Å². The molecule has 0 bridgehead atoms. The first-order chi connectivity index (χ1) is 22.2. The molecule has 1 aliphatic carbocycles. The number of alkyl halides is 2. The van der Waals surface area contributed by atoms with E-state index in [1.54, 1.807) is 16.7 Å². The zero-order chi connectivity index (χ0) is 32.3. The van der Waals surface area contributed by atoms with Gasteiger partial charge in [-0.1, -0.05) is 74.0 Å². The molecular weight excluding hydrogens is 590 g/mol. The second kappa shape index (κ2) is 13.2. The van der Waals surface area contributed by atoms with Crippen LogP contribution >= 0.6 is 0 Å². The molecule has 1 aliphatic rings. The number of hydrogen-bond acceptors (Lipinski definition) is 6. The number of aromatic amines is 1. The summed E-state index contributed by atoms with van der Waals surface area (Å²) in [7, 11) is 0. The predicted molar refractivity (Wildman–Crippen MR) is 172 cm³/mol. The molecule has 238 valence electrons. The molecule has 5 aromatic rings. The Morgan fingerprint density at radius 2 is 1.65 bits per heavy atom. The minimum Gasteiger partial charge on any atom is -0.490 e. The van der Waals surface area contributed by atoms with E-state index in [-0.39, 0.29) is 24.5 Å². The van der Waals surface area contributed by atoms with Crippen molar-refractivity contribution in [2.45, 2.75) is 77.2 Å². The predicted octanol–water partition coefficient (Wildman–Crippen LogP) is 7.31. The lowest BCUT2D eigenvalue weighted by atomic mass is 9.94. The van der Waals surface area contributed by atoms with Crippen LogP contribution in [0.1, 0.15) is 68.6 Å². The maximum Gasteiger partial charge on any atom is 0.439 e. The highest BCUT2D eigenvalue weighted by Gasteiger charge is 2.35. The van der Waals surface area contributed by atoms with Crippen LogP contribution in [0, 0.1) is 0 Å². The van der Waals surface area contributed by atoms with Gasteiger partial charge in [0.1, 0.15) is 11.6 Å². The van der Waals surface area contributed by atoms with Gasteiger partial charge in [-0.3, -0.25) is 18.9 Å². The van der Waals surface area contributed by atoms with Crippen molar-refractivity contribution in [3.05, 3.63) is 116 Å². The minimum absolute atomic E-state index is 0.108. The highest BCUT2D eigenvalue weighted by molar-refractivity contribution is 5.80. The van der Waals surface area contributed by atoms with E-state index in [1.165, 1.54) is 0 Å². The average molecular weight is 627 g/mol. The Morgan fingerprint density at radius 1 is 0.957 bits per heavy atom. The number of nitrogens with zero attached hydrogens (tertiary/aromatic N) is 3. The van der Waals surface area contributed by atoms with Gasteiger partial charge in [0.15, 0.2) is 5.82 Å². The highest BCUT2D eigenvalue weighted by atomic mass is 19.3. The molecule has 1 fully saturated rings. The van der Waals surface area contributed by atoms with Gasteiger partial charge in [-0.15, -0.1) is 0 Å². The summed E-state index contributed by atoms with van der Waals surface area (Å²) in [6, 6.07) is 22.8. The van der Waals surface area contributed by atoms with Crippen molar-refractivity contribution in [3.8, 4) is 34.0 Å². The third kappa shape index (κ3) is 6.71. The molecular formula is C36H36F2N4O4. The Hall–Kier alpha value is -4.86. The first kappa shape index (κ1) is 31.1. The number of aromatic nitrogens is 4. The molecule has 0 atom stereocenters. The Labute approximate surface area is 265 Å². The number of nitrogens with one attached hydrogen (secondary N) is 1. The highest BCUT2D eigenvalue weighted by Crippen LogP contribution is 2.35. The fourth-order valence-corrected chi connectivity index (χ4v) is 6.06. The van der Waals surface area contributed by atoms with Gasteiger partial charge in [-0.2, -0.15) is 0 Å². The number of benzene rings is 3. The number of halogens is 2. The molecule has 0 amide bonds. The van der Waals surface area contributed by atoms with E-state index < -0.39 is 11.7 Å². The van der Waals surface area contributed by atoms with Crippen LogP contribution in [0.25, 0.3) is 28.2 Å². The van der Waals surface area contributed by atoms with Gasteiger partial charge in [0.2, 0.25) is 5.92 Å². The molecule has 2 heterocycles. The zero-order valence-electron chi connectivity index (χ0n) is 25.9. The third-order valence-electron chi connectivity index (χ3n) is 8.46. The first-order valence-electron chi connectivity index (χ1n) is 15.8. The van der Waals surface area contributed by atoms with Crippen LogP contribution in [0.3, 0.4) is 0 Å². The molecule has 2 aromatic heterocycles. The Bertz CT molecular complexity index is 1920. The molecule has 8 nitrogen and oxygen atoms in total. The maximum atomic E-state index is 14.2. The number of aryl methyl sites for hydroxylation is 2. The van der Waals surface area contributed by atoms with Crippen molar-refractivity contribution in [1.29, 1.82) is 0 Å². The lowest BCUT2D eigenvalue weighted by Gasteiger charge is -2.28. The summed E-state index contributed by atoms with van der Waals surface area (Å²) >= 11 is 0. The molecule has 10 heteroatoms. The summed E-state index contributed by atoms with van der Waals surface area (Å²) in [5, 5.41) is 3.85. The Balaban J connectivity index is 1.28. The molecule has 0 radical (unpaired) electrons. The molecule has 0 aliphatic heterocycles. The first-order valence-corrected chi connectivity index (χ1v) is 15.8. The second-order valence-corrected chi connectivity index (χ2v) is 11.7. The quantitative estimate of drug-likeness (QED) is 0.174. The van der Waals surface area contributed by atoms with E-state index in [0.29, 0.717) is 60.8 Å². The minimum atomic E-state index is -2.61. The van der Waals surface area contributed by atoms with E-state index in [9.17, 15) is 18.4 Å². The summed E-state index contributed by atoms with van der Waals surface area (Å²) in [6.45, 7) is 4.05. The molecule has 0 spiro atoms. The van der Waals surface area contributed by atoms with E-state index in [0.717, 1.165) is 34.4 Å². The third-order valence-corrected chi connectivity index (χ3v) is 8.46. The van der Waals surface area contributed by atoms with Crippen LogP contribution in [0.2, 0.25) is 0 Å². The summed E-state index contributed by atoms with van der Waals surface area (Å²) in [6.07, 6.45) is 2.59. The van der Waals surface area contributed by atoms with Crippen molar-refractivity contribution >= 4 is 0 Å². The van der Waals surface area contributed by atoms with Gasteiger partial charge in [-0.05, 0) is 60.2 Å². The van der Waals surface area contributed by atoms with Crippen LogP contribution in [-0.2, 0) is 19.3 Å². The van der Waals surface area contributed by atoms with Crippen molar-refractivity contribution in [3.63, 3.8) is 0 Å². The molecule has 3 aromatic carbocycles. The SMILES string of the molecule is CCCc1nc(CC)n(-c2ccc(OC3CCC(F)(F)CC3)cc2)c(=O)c1Cc1ccc(-c2ccccc2-c2noc(=O)[nH]2)cc1. The van der Waals surface area contributed by atoms with Gasteiger partial charge >= 0.3 is 5.76 Å². The second-order valence-electron chi connectivity index (χ2n) is 11.7. The van der Waals surface area contributed by atoms with Gasteiger partial charge < -0.3 is 4.74 Å². The van der Waals surface area contributed by atoms with Crippen LogP contribution in [0.15, 0.2) is 86.9 Å². The van der Waals surface area contributed by atoms with Gasteiger partial charge in [0.05, 0.1) is 17.5 Å². The molecule has 1 saturated carbocycles. The number of hydrogen-bond donors (Lipinski definition) is 1. The topological polar surface area (TPSA) is 103 Å². The summed E-state index contributed by atoms with van der Waals surface area (Å²) in [4.78, 5) is 33.3. The maximum absolute atomic E-state index is 14.2. The number of H-pyrrole nitrogens is 1. The lowest BCUT2D eigenvalue weighted by molar-refractivity contribution is -0.0582. The van der Waals surface area contributed by atoms with Crippen LogP contribution in [-0.4, -0.2) is 31.7 Å². The molecule has 46 heavy (non-hydrogen) atoms. The van der Waals surface area contributed by atoms with Gasteiger partial charge in [0, 0.05) is 36.8 Å². The van der Waals surface area contributed by atoms with Crippen molar-refractivity contribution in [2.75, 3.05) is 0 Å². The fourth-order valence-electron chi connectivity index (χ4n) is 6.06. The Morgan fingerprint density at radius 3 is 2.28 bits per heavy atom. The van der Waals surface area contributed by atoms with Crippen LogP contribution in [0.5, 0.6) is 5.75 Å². The average Bonchev–Trinajstić information content (AvgIpc) is 3.50. The Kier molecular flexibility index (Phi) is 8.96.